The summed E-state index contributed by atoms with van der Waals surface area (Å²) in [6.45, 7) is 3.86. The molecule has 2 N–H and O–H groups in total. The summed E-state index contributed by atoms with van der Waals surface area (Å²) in [5, 5.41) is 6.22. The predicted octanol–water partition coefficient (Wildman–Crippen LogP) is 4.81. The summed E-state index contributed by atoms with van der Waals surface area (Å²) >= 11 is 1.42. The van der Waals surface area contributed by atoms with Gasteiger partial charge in [-0.3, -0.25) is 19.9 Å². The first-order valence-electron chi connectivity index (χ1n) is 9.01. The maximum absolute atomic E-state index is 12.9. The van der Waals surface area contributed by atoms with E-state index in [1.54, 1.807) is 36.7 Å². The molecule has 6 nitrogen and oxygen atoms in total. The molecule has 2 heterocycles. The molecule has 2 aromatic heterocycles. The summed E-state index contributed by atoms with van der Waals surface area (Å²) in [6.07, 6.45) is 3.10. The van der Waals surface area contributed by atoms with Crippen LogP contribution in [0.3, 0.4) is 0 Å². The van der Waals surface area contributed by atoms with Gasteiger partial charge in [-0.25, -0.2) is 4.98 Å². The number of nitrogens with one attached hydrogen (secondary N) is 2. The van der Waals surface area contributed by atoms with Crippen molar-refractivity contribution in [2.45, 2.75) is 13.8 Å². The number of anilines is 2. The number of carbonyl (C=O) groups excluding carboxylic acids is 2. The molecule has 4 aromatic rings. The van der Waals surface area contributed by atoms with Gasteiger partial charge in [-0.15, -0.1) is 0 Å². The minimum absolute atomic E-state index is 0.300. The number of carbonyl (C=O) groups is 2. The van der Waals surface area contributed by atoms with E-state index in [1.807, 2.05) is 38.1 Å². The molecule has 0 saturated carbocycles. The molecule has 0 aliphatic rings. The Morgan fingerprint density at radius 1 is 0.931 bits per heavy atom. The molecule has 0 aliphatic heterocycles. The van der Waals surface area contributed by atoms with Crippen LogP contribution in [0, 0.1) is 13.8 Å². The first kappa shape index (κ1) is 18.8. The zero-order chi connectivity index (χ0) is 20.4. The summed E-state index contributed by atoms with van der Waals surface area (Å²) in [5.41, 5.74) is 4.09. The molecule has 4 rings (SSSR count). The van der Waals surface area contributed by atoms with Crippen molar-refractivity contribution in [2.24, 2.45) is 0 Å². The monoisotopic (exact) mass is 402 g/mol. The molecule has 0 unspecified atom stereocenters. The number of hydrogen-bond acceptors (Lipinski definition) is 5. The molecule has 0 aliphatic carbocycles. The van der Waals surface area contributed by atoms with E-state index < -0.39 is 0 Å². The van der Waals surface area contributed by atoms with Gasteiger partial charge in [-0.1, -0.05) is 29.5 Å². The van der Waals surface area contributed by atoms with Gasteiger partial charge in [0.25, 0.3) is 11.8 Å². The maximum atomic E-state index is 12.9. The van der Waals surface area contributed by atoms with Crippen LogP contribution in [0.25, 0.3) is 10.2 Å². The number of pyridine rings is 1. The molecule has 0 saturated heterocycles. The average Bonchev–Trinajstić information content (AvgIpc) is 3.11. The summed E-state index contributed by atoms with van der Waals surface area (Å²) in [6, 6.07) is 14.5. The van der Waals surface area contributed by atoms with Crippen LogP contribution in [-0.2, 0) is 0 Å². The number of amides is 2. The minimum atomic E-state index is -0.325. The number of thiazole rings is 1. The molecule has 0 fully saturated rings. The van der Waals surface area contributed by atoms with Crippen molar-refractivity contribution in [3.8, 4) is 0 Å². The lowest BCUT2D eigenvalue weighted by Crippen LogP contribution is -2.19. The first-order valence-corrected chi connectivity index (χ1v) is 9.82. The van der Waals surface area contributed by atoms with Gasteiger partial charge in [0.2, 0.25) is 0 Å². The van der Waals surface area contributed by atoms with Gasteiger partial charge < -0.3 is 5.32 Å². The Hall–Kier alpha value is -3.58. The largest absolute Gasteiger partial charge is 0.321 e. The van der Waals surface area contributed by atoms with Gasteiger partial charge in [0, 0.05) is 18.0 Å². The molecule has 0 atom stereocenters. The van der Waals surface area contributed by atoms with Gasteiger partial charge in [-0.05, 0) is 55.3 Å². The Kier molecular flexibility index (Phi) is 5.05. The molecule has 2 aromatic carbocycles. The highest BCUT2D eigenvalue weighted by atomic mass is 32.1. The molecular formula is C22H18N4O2S. The number of nitrogens with zero attached hydrogens (tertiary/aromatic N) is 2. The van der Waals surface area contributed by atoms with E-state index in [2.05, 4.69) is 20.6 Å². The van der Waals surface area contributed by atoms with E-state index >= 15 is 0 Å². The number of para-hydroxylation sites is 1. The third kappa shape index (κ3) is 4.00. The van der Waals surface area contributed by atoms with E-state index in [-0.39, 0.29) is 11.8 Å². The second kappa shape index (κ2) is 7.81. The highest BCUT2D eigenvalue weighted by Gasteiger charge is 2.18. The normalized spacial score (nSPS) is 10.7. The quantitative estimate of drug-likeness (QED) is 0.513. The number of benzene rings is 2. The number of aryl methyl sites for hydroxylation is 2. The number of rotatable bonds is 4. The number of hydrogen-bond donors (Lipinski definition) is 2. The minimum Gasteiger partial charge on any atom is -0.321 e. The lowest BCUT2D eigenvalue weighted by atomic mass is 10.1. The van der Waals surface area contributed by atoms with Crippen molar-refractivity contribution in [3.05, 3.63) is 83.2 Å². The zero-order valence-corrected chi connectivity index (χ0v) is 16.7. The molecule has 29 heavy (non-hydrogen) atoms. The van der Waals surface area contributed by atoms with Gasteiger partial charge in [0.1, 0.15) is 0 Å². The fourth-order valence-electron chi connectivity index (χ4n) is 2.96. The zero-order valence-electron chi connectivity index (χ0n) is 15.9. The SMILES string of the molecule is Cc1ccc2nc(NC(=O)c3cccc(C)c3NC(=O)c3ccncc3)sc2c1. The second-order valence-corrected chi connectivity index (χ2v) is 7.66. The van der Waals surface area contributed by atoms with Gasteiger partial charge in [-0.2, -0.15) is 0 Å². The third-order valence-electron chi connectivity index (χ3n) is 4.46. The average molecular weight is 402 g/mol. The van der Waals surface area contributed by atoms with E-state index in [4.69, 9.17) is 0 Å². The molecule has 7 heteroatoms. The van der Waals surface area contributed by atoms with Crippen LogP contribution in [0.15, 0.2) is 60.9 Å². The summed E-state index contributed by atoms with van der Waals surface area (Å²) < 4.78 is 1.01. The van der Waals surface area contributed by atoms with Crippen LogP contribution < -0.4 is 10.6 Å². The smallest absolute Gasteiger partial charge is 0.259 e. The van der Waals surface area contributed by atoms with Crippen LogP contribution in [0.5, 0.6) is 0 Å². The third-order valence-corrected chi connectivity index (χ3v) is 5.40. The Balaban J connectivity index is 1.61. The Bertz CT molecular complexity index is 1220. The van der Waals surface area contributed by atoms with Crippen molar-refractivity contribution in [1.82, 2.24) is 9.97 Å². The number of aromatic nitrogens is 2. The van der Waals surface area contributed by atoms with E-state index in [9.17, 15) is 9.59 Å². The highest BCUT2D eigenvalue weighted by Crippen LogP contribution is 2.28. The molecule has 144 valence electrons. The van der Waals surface area contributed by atoms with Gasteiger partial charge >= 0.3 is 0 Å². The molecule has 0 spiro atoms. The van der Waals surface area contributed by atoms with Crippen LogP contribution in [0.4, 0.5) is 10.8 Å². The molecule has 2 amide bonds. The van der Waals surface area contributed by atoms with Crippen LogP contribution in [0.2, 0.25) is 0 Å². The summed E-state index contributed by atoms with van der Waals surface area (Å²) in [5.74, 6) is -0.624. The molecule has 0 bridgehead atoms. The van der Waals surface area contributed by atoms with Gasteiger partial charge in [0.15, 0.2) is 5.13 Å². The highest BCUT2D eigenvalue weighted by molar-refractivity contribution is 7.22. The summed E-state index contributed by atoms with van der Waals surface area (Å²) in [4.78, 5) is 33.9. The van der Waals surface area contributed by atoms with Crippen molar-refractivity contribution in [3.63, 3.8) is 0 Å². The van der Waals surface area contributed by atoms with Crippen LogP contribution >= 0.6 is 11.3 Å². The predicted molar refractivity (Wildman–Crippen MR) is 116 cm³/mol. The number of fused-ring (bicyclic) bond motifs is 1. The Morgan fingerprint density at radius 2 is 1.72 bits per heavy atom. The lowest BCUT2D eigenvalue weighted by molar-refractivity contribution is 0.102. The van der Waals surface area contributed by atoms with E-state index in [1.165, 1.54) is 11.3 Å². The Morgan fingerprint density at radius 3 is 2.52 bits per heavy atom. The topological polar surface area (TPSA) is 84.0 Å². The van der Waals surface area contributed by atoms with Crippen molar-refractivity contribution < 1.29 is 9.59 Å². The van der Waals surface area contributed by atoms with E-state index in [0.717, 1.165) is 21.3 Å². The first-order chi connectivity index (χ1) is 14.0. The maximum Gasteiger partial charge on any atom is 0.259 e. The standard InChI is InChI=1S/C22H18N4O2S/c1-13-6-7-17-18(12-13)29-22(24-17)26-21(28)16-5-3-4-14(2)19(16)25-20(27)15-8-10-23-11-9-15/h3-12H,1-2H3,(H,25,27)(H,24,26,28). The summed E-state index contributed by atoms with van der Waals surface area (Å²) in [7, 11) is 0. The Labute approximate surface area is 171 Å². The fourth-order valence-corrected chi connectivity index (χ4v) is 3.92. The van der Waals surface area contributed by atoms with E-state index in [0.29, 0.717) is 21.9 Å². The van der Waals surface area contributed by atoms with Crippen molar-refractivity contribution in [2.75, 3.05) is 10.6 Å². The second-order valence-electron chi connectivity index (χ2n) is 6.63. The molecule has 0 radical (unpaired) electrons. The van der Waals surface area contributed by atoms with Crippen molar-refractivity contribution >= 4 is 44.2 Å². The molecular weight excluding hydrogens is 384 g/mol. The van der Waals surface area contributed by atoms with Gasteiger partial charge in [0.05, 0.1) is 21.5 Å². The van der Waals surface area contributed by atoms with Crippen molar-refractivity contribution in [1.29, 1.82) is 0 Å². The van der Waals surface area contributed by atoms with Crippen LogP contribution in [-0.4, -0.2) is 21.8 Å². The fraction of sp³-hybridized carbons (Fsp3) is 0.0909. The van der Waals surface area contributed by atoms with Crippen LogP contribution in [0.1, 0.15) is 31.8 Å². The lowest BCUT2D eigenvalue weighted by Gasteiger charge is -2.13.